The van der Waals surface area contributed by atoms with Crippen LogP contribution >= 0.6 is 11.6 Å². The molecule has 1 heterocycles. The molecule has 0 radical (unpaired) electrons. The van der Waals surface area contributed by atoms with Crippen LogP contribution in [0.2, 0.25) is 5.02 Å². The van der Waals surface area contributed by atoms with Crippen LogP contribution in [-0.4, -0.2) is 31.1 Å². The zero-order valence-electron chi connectivity index (χ0n) is 21.7. The van der Waals surface area contributed by atoms with E-state index in [2.05, 4.69) is 51.2 Å². The van der Waals surface area contributed by atoms with Gasteiger partial charge in [0.25, 0.3) is 5.91 Å². The quantitative estimate of drug-likeness (QED) is 0.319. The lowest BCUT2D eigenvalue weighted by Gasteiger charge is -2.35. The third-order valence-corrected chi connectivity index (χ3v) is 7.08. The monoisotopic (exact) mass is 518 g/mol. The molecule has 3 amide bonds. The van der Waals surface area contributed by atoms with Crippen molar-refractivity contribution >= 4 is 40.6 Å². The largest absolute Gasteiger partial charge is 0.371 e. The summed E-state index contributed by atoms with van der Waals surface area (Å²) in [4.78, 5) is 28.1. The summed E-state index contributed by atoms with van der Waals surface area (Å²) < 4.78 is 0. The van der Waals surface area contributed by atoms with Crippen LogP contribution in [0.3, 0.4) is 0 Å². The molecule has 0 bridgehead atoms. The highest BCUT2D eigenvalue weighted by molar-refractivity contribution is 6.31. The Morgan fingerprint density at radius 1 is 0.946 bits per heavy atom. The molecule has 194 valence electrons. The molecule has 37 heavy (non-hydrogen) atoms. The fraction of sp³-hybridized carbons (Fsp3) is 0.333. The lowest BCUT2D eigenvalue weighted by Crippen LogP contribution is -2.37. The number of urea groups is 1. The van der Waals surface area contributed by atoms with Crippen molar-refractivity contribution in [2.75, 3.05) is 28.6 Å². The molecule has 0 unspecified atom stereocenters. The van der Waals surface area contributed by atoms with E-state index in [-0.39, 0.29) is 11.9 Å². The maximum atomic E-state index is 13.1. The molecule has 4 rings (SSSR count). The Balaban J connectivity index is 1.46. The van der Waals surface area contributed by atoms with Crippen molar-refractivity contribution in [1.82, 2.24) is 5.32 Å². The first-order valence-electron chi connectivity index (χ1n) is 12.9. The van der Waals surface area contributed by atoms with Gasteiger partial charge in [-0.15, -0.1) is 0 Å². The first kappa shape index (κ1) is 26.6. The van der Waals surface area contributed by atoms with Gasteiger partial charge in [-0.2, -0.15) is 0 Å². The average molecular weight is 519 g/mol. The molecule has 1 aliphatic rings. The number of hydrogen-bond acceptors (Lipinski definition) is 3. The molecule has 3 aromatic carbocycles. The number of rotatable bonds is 7. The van der Waals surface area contributed by atoms with E-state index in [1.54, 1.807) is 18.2 Å². The topological polar surface area (TPSA) is 73.5 Å². The molecule has 1 aliphatic heterocycles. The van der Waals surface area contributed by atoms with Gasteiger partial charge in [0.15, 0.2) is 0 Å². The highest BCUT2D eigenvalue weighted by atomic mass is 35.5. The summed E-state index contributed by atoms with van der Waals surface area (Å²) in [6.07, 6.45) is 3.23. The van der Waals surface area contributed by atoms with E-state index in [1.807, 2.05) is 39.0 Å². The minimum Gasteiger partial charge on any atom is -0.371 e. The predicted octanol–water partition coefficient (Wildman–Crippen LogP) is 6.89. The third-order valence-electron chi connectivity index (χ3n) is 6.67. The molecular weight excluding hydrogens is 484 g/mol. The molecule has 0 saturated carbocycles. The van der Waals surface area contributed by atoms with Gasteiger partial charge in [-0.3, -0.25) is 4.79 Å². The van der Waals surface area contributed by atoms with Crippen molar-refractivity contribution in [2.24, 2.45) is 5.92 Å². The Bertz CT molecular complexity index is 1240. The molecule has 3 aromatic rings. The van der Waals surface area contributed by atoms with Crippen LogP contribution in [0.1, 0.15) is 48.2 Å². The van der Waals surface area contributed by atoms with Crippen molar-refractivity contribution in [2.45, 2.75) is 46.1 Å². The van der Waals surface area contributed by atoms with Crippen LogP contribution < -0.4 is 20.9 Å². The summed E-state index contributed by atoms with van der Waals surface area (Å²) in [5.74, 6) is 0.484. The summed E-state index contributed by atoms with van der Waals surface area (Å²) >= 11 is 6.17. The number of nitrogens with zero attached hydrogens (tertiary/aromatic N) is 1. The second-order valence-electron chi connectivity index (χ2n) is 10.0. The fourth-order valence-corrected chi connectivity index (χ4v) is 4.88. The molecular formula is C30H35ClN4O2. The van der Waals surface area contributed by atoms with Crippen LogP contribution in [0.15, 0.2) is 66.7 Å². The molecule has 0 aromatic heterocycles. The van der Waals surface area contributed by atoms with Crippen LogP contribution in [-0.2, 0) is 6.42 Å². The van der Waals surface area contributed by atoms with Gasteiger partial charge in [-0.1, -0.05) is 48.0 Å². The Morgan fingerprint density at radius 2 is 1.59 bits per heavy atom. The van der Waals surface area contributed by atoms with Crippen molar-refractivity contribution in [3.63, 3.8) is 0 Å². The van der Waals surface area contributed by atoms with Crippen LogP contribution in [0.5, 0.6) is 0 Å². The second-order valence-corrected chi connectivity index (χ2v) is 10.4. The van der Waals surface area contributed by atoms with Gasteiger partial charge >= 0.3 is 6.03 Å². The molecule has 1 saturated heterocycles. The van der Waals surface area contributed by atoms with E-state index < -0.39 is 6.03 Å². The molecule has 1 fully saturated rings. The van der Waals surface area contributed by atoms with E-state index in [0.29, 0.717) is 27.9 Å². The van der Waals surface area contributed by atoms with Gasteiger partial charge in [0.2, 0.25) is 0 Å². The molecule has 3 N–H and O–H groups in total. The minimum absolute atomic E-state index is 0.00292. The maximum absolute atomic E-state index is 13.1. The first-order valence-corrected chi connectivity index (χ1v) is 13.2. The summed E-state index contributed by atoms with van der Waals surface area (Å²) in [7, 11) is 0. The molecule has 7 heteroatoms. The SMILES string of the molecule is Cc1ccc(NC(=O)Nc2ccc(N3CCC(Cc4ccccc4)CC3)c(C(=O)NC(C)C)c2)cc1Cl. The summed E-state index contributed by atoms with van der Waals surface area (Å²) in [5, 5.41) is 9.23. The molecule has 0 spiro atoms. The number of hydrogen-bond donors (Lipinski definition) is 3. The average Bonchev–Trinajstić information content (AvgIpc) is 2.87. The normalized spacial score (nSPS) is 13.9. The van der Waals surface area contributed by atoms with Gasteiger partial charge in [0.1, 0.15) is 0 Å². The number of amides is 3. The molecule has 0 aliphatic carbocycles. The van der Waals surface area contributed by atoms with Gasteiger partial charge in [-0.25, -0.2) is 4.79 Å². The van der Waals surface area contributed by atoms with E-state index >= 15 is 0 Å². The minimum atomic E-state index is -0.399. The number of carbonyl (C=O) groups excluding carboxylic acids is 2. The maximum Gasteiger partial charge on any atom is 0.323 e. The number of aryl methyl sites for hydroxylation is 1. The van der Waals surface area contributed by atoms with E-state index in [1.165, 1.54) is 5.56 Å². The third kappa shape index (κ3) is 7.26. The van der Waals surface area contributed by atoms with Gasteiger partial charge in [0.05, 0.1) is 5.56 Å². The van der Waals surface area contributed by atoms with Crippen LogP contribution in [0.4, 0.5) is 21.9 Å². The van der Waals surface area contributed by atoms with E-state index in [0.717, 1.165) is 43.6 Å². The van der Waals surface area contributed by atoms with Gasteiger partial charge < -0.3 is 20.9 Å². The predicted molar refractivity (Wildman–Crippen MR) is 153 cm³/mol. The Kier molecular flexibility index (Phi) is 8.72. The number of carbonyl (C=O) groups is 2. The van der Waals surface area contributed by atoms with Crippen molar-refractivity contribution in [3.8, 4) is 0 Å². The number of anilines is 3. The van der Waals surface area contributed by atoms with Gasteiger partial charge in [-0.05, 0) is 87.4 Å². The summed E-state index contributed by atoms with van der Waals surface area (Å²) in [5.41, 5.74) is 4.92. The van der Waals surface area contributed by atoms with E-state index in [9.17, 15) is 9.59 Å². The second kappa shape index (κ2) is 12.2. The first-order chi connectivity index (χ1) is 17.8. The van der Waals surface area contributed by atoms with Gasteiger partial charge in [0, 0.05) is 41.2 Å². The number of benzene rings is 3. The zero-order chi connectivity index (χ0) is 26.4. The molecule has 6 nitrogen and oxygen atoms in total. The standard InChI is InChI=1S/C30H35ClN4O2/c1-20(2)32-29(36)26-18-24(33-30(37)34-25-10-9-21(3)27(31)19-25)11-12-28(26)35-15-13-23(14-16-35)17-22-7-5-4-6-8-22/h4-12,18-20,23H,13-17H2,1-3H3,(H,32,36)(H2,33,34,37). The lowest BCUT2D eigenvalue weighted by molar-refractivity contribution is 0.0943. The van der Waals surface area contributed by atoms with Crippen molar-refractivity contribution in [3.05, 3.63) is 88.4 Å². The van der Waals surface area contributed by atoms with Crippen molar-refractivity contribution in [1.29, 1.82) is 0 Å². The Morgan fingerprint density at radius 3 is 2.24 bits per heavy atom. The number of piperidine rings is 1. The van der Waals surface area contributed by atoms with E-state index in [4.69, 9.17) is 11.6 Å². The summed E-state index contributed by atoms with van der Waals surface area (Å²) in [6.45, 7) is 7.56. The van der Waals surface area contributed by atoms with Crippen LogP contribution in [0.25, 0.3) is 0 Å². The number of halogens is 1. The highest BCUT2D eigenvalue weighted by Gasteiger charge is 2.24. The van der Waals surface area contributed by atoms with Crippen LogP contribution in [0, 0.1) is 12.8 Å². The lowest BCUT2D eigenvalue weighted by atomic mass is 9.89. The number of nitrogens with one attached hydrogen (secondary N) is 3. The van der Waals surface area contributed by atoms with Crippen molar-refractivity contribution < 1.29 is 9.59 Å². The molecule has 0 atom stereocenters. The fourth-order valence-electron chi connectivity index (χ4n) is 4.70. The Hall–Kier alpha value is -3.51. The summed E-state index contributed by atoms with van der Waals surface area (Å²) in [6, 6.07) is 21.1. The zero-order valence-corrected chi connectivity index (χ0v) is 22.4. The smallest absolute Gasteiger partial charge is 0.323 e. The Labute approximate surface area is 224 Å². The highest BCUT2D eigenvalue weighted by Crippen LogP contribution is 2.30.